The SMILES string of the molecule is CCC(C)c1ccc(OCC(=O)NN=Cc2cc(Br)c(OC(=O)c3ccc(C)cc3)c(OC)c2)cc1. The van der Waals surface area contributed by atoms with E-state index in [4.69, 9.17) is 14.2 Å². The lowest BCUT2D eigenvalue weighted by atomic mass is 9.99. The molecule has 36 heavy (non-hydrogen) atoms. The minimum Gasteiger partial charge on any atom is -0.493 e. The summed E-state index contributed by atoms with van der Waals surface area (Å²) in [5.41, 5.74) is 5.76. The van der Waals surface area contributed by atoms with E-state index in [-0.39, 0.29) is 12.4 Å². The van der Waals surface area contributed by atoms with Crippen molar-refractivity contribution in [3.05, 3.63) is 87.4 Å². The number of amides is 1. The van der Waals surface area contributed by atoms with Crippen LogP contribution in [0, 0.1) is 6.92 Å². The molecule has 3 aromatic rings. The lowest BCUT2D eigenvalue weighted by Crippen LogP contribution is -2.24. The van der Waals surface area contributed by atoms with Crippen LogP contribution in [0.15, 0.2) is 70.2 Å². The molecule has 0 aliphatic carbocycles. The summed E-state index contributed by atoms with van der Waals surface area (Å²) in [6.45, 7) is 6.09. The minimum absolute atomic E-state index is 0.166. The van der Waals surface area contributed by atoms with E-state index in [1.165, 1.54) is 18.9 Å². The van der Waals surface area contributed by atoms with E-state index < -0.39 is 11.9 Å². The standard InChI is InChI=1S/C28H29BrN2O5/c1-5-19(3)21-10-12-23(13-11-21)35-17-26(32)31-30-16-20-14-24(29)27(25(15-20)34-4)36-28(33)22-8-6-18(2)7-9-22/h6-16,19H,5,17H2,1-4H3,(H,31,32). The van der Waals surface area contributed by atoms with Crippen molar-refractivity contribution in [1.82, 2.24) is 5.43 Å². The Bertz CT molecular complexity index is 1220. The molecule has 0 aliphatic rings. The second-order valence-corrected chi connectivity index (χ2v) is 9.10. The molecule has 1 N–H and O–H groups in total. The molecule has 0 aliphatic heterocycles. The van der Waals surface area contributed by atoms with E-state index >= 15 is 0 Å². The van der Waals surface area contributed by atoms with Gasteiger partial charge in [0, 0.05) is 0 Å². The highest BCUT2D eigenvalue weighted by atomic mass is 79.9. The number of aryl methyl sites for hydroxylation is 1. The number of benzene rings is 3. The van der Waals surface area contributed by atoms with Gasteiger partial charge < -0.3 is 14.2 Å². The summed E-state index contributed by atoms with van der Waals surface area (Å²) in [6, 6.07) is 18.2. The number of nitrogens with zero attached hydrogens (tertiary/aromatic N) is 1. The van der Waals surface area contributed by atoms with Crippen molar-refractivity contribution in [2.24, 2.45) is 5.10 Å². The van der Waals surface area contributed by atoms with Crippen LogP contribution in [0.3, 0.4) is 0 Å². The predicted molar refractivity (Wildman–Crippen MR) is 143 cm³/mol. The molecule has 0 radical (unpaired) electrons. The molecule has 0 saturated heterocycles. The number of ether oxygens (including phenoxy) is 3. The van der Waals surface area contributed by atoms with Gasteiger partial charge in [-0.1, -0.05) is 43.7 Å². The molecule has 0 bridgehead atoms. The summed E-state index contributed by atoms with van der Waals surface area (Å²) in [4.78, 5) is 24.6. The fourth-order valence-corrected chi connectivity index (χ4v) is 3.78. The van der Waals surface area contributed by atoms with Gasteiger partial charge in [-0.15, -0.1) is 0 Å². The first kappa shape index (κ1) is 26.9. The van der Waals surface area contributed by atoms with Crippen LogP contribution in [-0.2, 0) is 4.79 Å². The average molecular weight is 553 g/mol. The quantitative estimate of drug-likeness (QED) is 0.144. The van der Waals surface area contributed by atoms with Gasteiger partial charge in [-0.3, -0.25) is 4.79 Å². The Morgan fingerprint density at radius 2 is 1.78 bits per heavy atom. The molecule has 3 aromatic carbocycles. The highest BCUT2D eigenvalue weighted by Gasteiger charge is 2.17. The lowest BCUT2D eigenvalue weighted by Gasteiger charge is -2.12. The van der Waals surface area contributed by atoms with E-state index in [1.54, 1.807) is 24.3 Å². The van der Waals surface area contributed by atoms with Crippen molar-refractivity contribution in [1.29, 1.82) is 0 Å². The molecule has 1 unspecified atom stereocenters. The van der Waals surface area contributed by atoms with Crippen molar-refractivity contribution >= 4 is 34.0 Å². The number of esters is 1. The number of hydrogen-bond acceptors (Lipinski definition) is 6. The molecule has 0 fully saturated rings. The molecule has 8 heteroatoms. The summed E-state index contributed by atoms with van der Waals surface area (Å²) in [5.74, 6) is 0.776. The first-order chi connectivity index (χ1) is 17.3. The van der Waals surface area contributed by atoms with Crippen molar-refractivity contribution < 1.29 is 23.8 Å². The van der Waals surface area contributed by atoms with Crippen molar-refractivity contribution in [2.75, 3.05) is 13.7 Å². The predicted octanol–water partition coefficient (Wildman–Crippen LogP) is 6.03. The molecule has 7 nitrogen and oxygen atoms in total. The normalized spacial score (nSPS) is 11.7. The molecule has 0 aromatic heterocycles. The van der Waals surface area contributed by atoms with Gasteiger partial charge in [-0.2, -0.15) is 5.10 Å². The summed E-state index contributed by atoms with van der Waals surface area (Å²) in [7, 11) is 1.47. The first-order valence-corrected chi connectivity index (χ1v) is 12.3. The second-order valence-electron chi connectivity index (χ2n) is 8.25. The zero-order valence-electron chi connectivity index (χ0n) is 20.7. The molecule has 0 heterocycles. The summed E-state index contributed by atoms with van der Waals surface area (Å²) in [6.07, 6.45) is 2.52. The zero-order chi connectivity index (χ0) is 26.1. The second kappa shape index (κ2) is 12.9. The van der Waals surface area contributed by atoms with E-state index in [0.717, 1.165) is 12.0 Å². The number of methoxy groups -OCH3 is 1. The van der Waals surface area contributed by atoms with Crippen molar-refractivity contribution in [2.45, 2.75) is 33.1 Å². The van der Waals surface area contributed by atoms with E-state index in [1.807, 2.05) is 43.3 Å². The number of hydrazone groups is 1. The van der Waals surface area contributed by atoms with Gasteiger partial charge in [0.1, 0.15) is 5.75 Å². The topological polar surface area (TPSA) is 86.2 Å². The van der Waals surface area contributed by atoms with Crippen molar-refractivity contribution in [3.63, 3.8) is 0 Å². The number of carbonyl (C=O) groups excluding carboxylic acids is 2. The fraction of sp³-hybridized carbons (Fsp3) is 0.250. The fourth-order valence-electron chi connectivity index (χ4n) is 3.24. The number of nitrogens with one attached hydrogen (secondary N) is 1. The van der Waals surface area contributed by atoms with E-state index in [2.05, 4.69) is 40.3 Å². The Balaban J connectivity index is 1.57. The molecule has 0 saturated carbocycles. The monoisotopic (exact) mass is 552 g/mol. The van der Waals surface area contributed by atoms with Gasteiger partial charge in [-0.05, 0) is 82.7 Å². The molecule has 1 atom stereocenters. The highest BCUT2D eigenvalue weighted by molar-refractivity contribution is 9.10. The Labute approximate surface area is 219 Å². The van der Waals surface area contributed by atoms with Gasteiger partial charge >= 0.3 is 5.97 Å². The third-order valence-corrected chi connectivity index (χ3v) is 6.16. The van der Waals surface area contributed by atoms with E-state index in [0.29, 0.717) is 33.0 Å². The van der Waals surface area contributed by atoms with Gasteiger partial charge in [0.15, 0.2) is 18.1 Å². The van der Waals surface area contributed by atoms with Gasteiger partial charge in [0.25, 0.3) is 5.91 Å². The van der Waals surface area contributed by atoms with Crippen LogP contribution in [0.5, 0.6) is 17.2 Å². The van der Waals surface area contributed by atoms with Crippen LogP contribution in [-0.4, -0.2) is 31.8 Å². The van der Waals surface area contributed by atoms with Crippen LogP contribution in [0.4, 0.5) is 0 Å². The minimum atomic E-state index is -0.503. The number of halogens is 1. The van der Waals surface area contributed by atoms with Crippen LogP contribution >= 0.6 is 15.9 Å². The summed E-state index contributed by atoms with van der Waals surface area (Å²) < 4.78 is 17.0. The molecule has 3 rings (SSSR count). The largest absolute Gasteiger partial charge is 0.493 e. The molecular weight excluding hydrogens is 524 g/mol. The maximum Gasteiger partial charge on any atom is 0.343 e. The first-order valence-electron chi connectivity index (χ1n) is 11.5. The zero-order valence-corrected chi connectivity index (χ0v) is 22.3. The molecule has 188 valence electrons. The summed E-state index contributed by atoms with van der Waals surface area (Å²) in [5, 5.41) is 3.98. The third kappa shape index (κ3) is 7.42. The number of carbonyl (C=O) groups is 2. The van der Waals surface area contributed by atoms with Crippen LogP contribution in [0.1, 0.15) is 53.2 Å². The van der Waals surface area contributed by atoms with Gasteiger partial charge in [0.05, 0.1) is 23.4 Å². The maximum atomic E-state index is 12.5. The number of rotatable bonds is 10. The number of hydrogen-bond donors (Lipinski definition) is 1. The van der Waals surface area contributed by atoms with Crippen LogP contribution in [0.2, 0.25) is 0 Å². The van der Waals surface area contributed by atoms with Gasteiger partial charge in [0.2, 0.25) is 0 Å². The molecule has 0 spiro atoms. The Morgan fingerprint density at radius 3 is 2.42 bits per heavy atom. The van der Waals surface area contributed by atoms with E-state index in [9.17, 15) is 9.59 Å². The van der Waals surface area contributed by atoms with Crippen LogP contribution in [0.25, 0.3) is 0 Å². The maximum absolute atomic E-state index is 12.5. The smallest absolute Gasteiger partial charge is 0.343 e. The average Bonchev–Trinajstić information content (AvgIpc) is 2.88. The van der Waals surface area contributed by atoms with Crippen molar-refractivity contribution in [3.8, 4) is 17.2 Å². The Morgan fingerprint density at radius 1 is 1.08 bits per heavy atom. The van der Waals surface area contributed by atoms with Gasteiger partial charge in [-0.25, -0.2) is 10.2 Å². The molecule has 1 amide bonds. The molecular formula is C28H29BrN2O5. The highest BCUT2D eigenvalue weighted by Crippen LogP contribution is 2.37. The van der Waals surface area contributed by atoms with Crippen LogP contribution < -0.4 is 19.6 Å². The third-order valence-electron chi connectivity index (χ3n) is 5.57. The lowest BCUT2D eigenvalue weighted by molar-refractivity contribution is -0.123. The Hall–Kier alpha value is -3.65. The Kier molecular flexibility index (Phi) is 9.64. The summed E-state index contributed by atoms with van der Waals surface area (Å²) >= 11 is 3.42.